The number of anilines is 2. The summed E-state index contributed by atoms with van der Waals surface area (Å²) in [6, 6.07) is 10.8. The third kappa shape index (κ3) is 10.2. The number of ether oxygens (including phenoxy) is 2. The van der Waals surface area contributed by atoms with Gasteiger partial charge in [0.25, 0.3) is 11.5 Å². The van der Waals surface area contributed by atoms with Crippen LogP contribution in [-0.2, 0) is 41.3 Å². The fourth-order valence-corrected chi connectivity index (χ4v) is 10.3. The Morgan fingerprint density at radius 3 is 2.47 bits per heavy atom. The second-order valence-electron chi connectivity index (χ2n) is 17.5. The number of carbonyl (C=O) groups is 2. The van der Waals surface area contributed by atoms with Crippen molar-refractivity contribution in [3.8, 4) is 6.07 Å². The Kier molecular flexibility index (Phi) is 14.4. The molecule has 26 heteroatoms. The number of nitrogens with zero attached hydrogens (tertiary/aromatic N) is 8. The molecule has 5 aromatic rings. The number of carbonyl (C=O) groups excluding carboxylic acids is 2. The van der Waals surface area contributed by atoms with Crippen LogP contribution in [0, 0.1) is 17.2 Å². The highest BCUT2D eigenvalue weighted by molar-refractivity contribution is 7.41. The molecule has 7 heterocycles. The van der Waals surface area contributed by atoms with E-state index in [0.717, 1.165) is 0 Å². The van der Waals surface area contributed by atoms with Crippen LogP contribution in [0.1, 0.15) is 70.3 Å². The first-order valence-corrected chi connectivity index (χ1v) is 26.3. The molecular weight excluding hydrogens is 917 g/mol. The van der Waals surface area contributed by atoms with Gasteiger partial charge in [-0.2, -0.15) is 10.2 Å². The molecule has 3 saturated heterocycles. The number of H-pyrrole nitrogens is 1. The third-order valence-corrected chi connectivity index (χ3v) is 18.1. The molecule has 9 atom stereocenters. The molecule has 0 spiro atoms. The summed E-state index contributed by atoms with van der Waals surface area (Å²) in [6.45, 7) is 13.4. The van der Waals surface area contributed by atoms with Gasteiger partial charge < -0.3 is 46.7 Å². The average molecular weight is 968 g/mol. The zero-order chi connectivity index (χ0) is 46.9. The Balaban J connectivity index is 1.10. The molecule has 23 nitrogen and oxygen atoms in total. The highest BCUT2D eigenvalue weighted by Crippen LogP contribution is 2.51. The molecule has 1 aromatic carbocycles. The number of nitrogens with one attached hydrogen (secondary N) is 3. The van der Waals surface area contributed by atoms with Gasteiger partial charge >= 0.3 is 17.2 Å². The highest BCUT2D eigenvalue weighted by Gasteiger charge is 2.54. The van der Waals surface area contributed by atoms with Crippen molar-refractivity contribution in [1.29, 1.82) is 5.26 Å². The maximum absolute atomic E-state index is 13.3. The van der Waals surface area contributed by atoms with Gasteiger partial charge in [0.2, 0.25) is 11.9 Å². The number of nitriles is 1. The van der Waals surface area contributed by atoms with E-state index in [0.29, 0.717) is 16.7 Å². The lowest BCUT2D eigenvalue weighted by Crippen LogP contribution is -2.50. The predicted molar refractivity (Wildman–Crippen MR) is 240 cm³/mol. The zero-order valence-corrected chi connectivity index (χ0v) is 40.0. The van der Waals surface area contributed by atoms with Crippen molar-refractivity contribution < 1.29 is 51.0 Å². The van der Waals surface area contributed by atoms with Gasteiger partial charge in [-0.25, -0.2) is 19.9 Å². The first kappa shape index (κ1) is 47.7. The SMILES string of the molecule is CC(C)C(=O)Nc1nc2c(ncn2[C@@H]2O[C@@H]3COP(OCCC#N)O[C@H]4C[C@H](n5cnc6c(NC(=O)c7ccccc7)ncnc65)O[C@@H]4COP(O)O[C@@H]2[C@@H]3O[Si](C)(C)C(C)(C)C)c(=O)[nH]1. The molecule has 352 valence electrons. The molecule has 3 fully saturated rings. The van der Waals surface area contributed by atoms with Crippen LogP contribution >= 0.6 is 17.2 Å². The lowest BCUT2D eigenvalue weighted by Gasteiger charge is -2.40. The number of benzene rings is 1. The van der Waals surface area contributed by atoms with Gasteiger partial charge in [0, 0.05) is 17.9 Å². The molecule has 2 bridgehead atoms. The second-order valence-corrected chi connectivity index (χ2v) is 24.4. The van der Waals surface area contributed by atoms with Crippen LogP contribution in [0.3, 0.4) is 0 Å². The van der Waals surface area contributed by atoms with Gasteiger partial charge in [-0.15, -0.1) is 0 Å². The van der Waals surface area contributed by atoms with E-state index in [4.69, 9.17) is 36.5 Å². The topological polar surface area (TPSA) is 283 Å². The number of hydrogen-bond donors (Lipinski definition) is 4. The van der Waals surface area contributed by atoms with E-state index < -0.39 is 80.0 Å². The van der Waals surface area contributed by atoms with Crippen LogP contribution < -0.4 is 16.2 Å². The minimum atomic E-state index is -2.69. The van der Waals surface area contributed by atoms with Gasteiger partial charge in [0.05, 0.1) is 51.1 Å². The molecule has 0 radical (unpaired) electrons. The Labute approximate surface area is 382 Å². The monoisotopic (exact) mass is 967 g/mol. The lowest BCUT2D eigenvalue weighted by molar-refractivity contribution is -0.118. The third-order valence-electron chi connectivity index (χ3n) is 11.6. The Hall–Kier alpha value is -4.73. The standard InChI is InChI=1S/C40H51N11O12P2Si/c1-22(2)35(52)48-39-47-34-29(37(54)49-39)45-21-51(34)38-31-30(63-66(6,7)40(3,4)5)26(60-38)18-58-65(56-15-11-14-41)61-24-16-27(59-25(24)17-57-64(55)62-31)50-20-44-28-32(42-19-43-33(28)50)46-36(53)23-12-9-8-10-13-23/h8-10,12-13,19-22,24-27,30-31,38,55H,11,15-18H2,1-7H3,(H,42,43,46,53)(H2,47,48,49,52,54)/t24-,25+,26+,27+,30+,31+,38+,64?,65?/m0/s1. The van der Waals surface area contributed by atoms with Gasteiger partial charge in [-0.1, -0.05) is 52.8 Å². The molecule has 66 heavy (non-hydrogen) atoms. The van der Waals surface area contributed by atoms with Crippen molar-refractivity contribution in [1.82, 2.24) is 39.0 Å². The van der Waals surface area contributed by atoms with Gasteiger partial charge in [0.15, 0.2) is 42.7 Å². The number of imidazole rings is 2. The molecule has 4 aromatic heterocycles. The lowest BCUT2D eigenvalue weighted by atomic mass is 10.1. The Morgan fingerprint density at radius 2 is 1.73 bits per heavy atom. The van der Waals surface area contributed by atoms with E-state index in [9.17, 15) is 24.5 Å². The van der Waals surface area contributed by atoms with Crippen LogP contribution in [0.5, 0.6) is 0 Å². The molecule has 0 aliphatic carbocycles. The van der Waals surface area contributed by atoms with Gasteiger partial charge in [-0.05, 0) is 30.3 Å². The van der Waals surface area contributed by atoms with Crippen molar-refractivity contribution in [2.24, 2.45) is 5.92 Å². The van der Waals surface area contributed by atoms with Crippen LogP contribution in [0.25, 0.3) is 22.3 Å². The molecule has 3 aliphatic heterocycles. The van der Waals surface area contributed by atoms with Crippen LogP contribution in [0.15, 0.2) is 54.1 Å². The molecule has 3 aliphatic rings. The van der Waals surface area contributed by atoms with Crippen molar-refractivity contribution in [2.45, 2.75) is 109 Å². The molecule has 2 unspecified atom stereocenters. The first-order valence-electron chi connectivity index (χ1n) is 21.2. The predicted octanol–water partition coefficient (Wildman–Crippen LogP) is 5.58. The van der Waals surface area contributed by atoms with Crippen LogP contribution in [0.4, 0.5) is 11.8 Å². The van der Waals surface area contributed by atoms with Crippen molar-refractivity contribution in [2.75, 3.05) is 30.5 Å². The maximum Gasteiger partial charge on any atom is 0.333 e. The summed E-state index contributed by atoms with van der Waals surface area (Å²) < 4.78 is 54.9. The fourth-order valence-electron chi connectivity index (χ4n) is 7.11. The summed E-state index contributed by atoms with van der Waals surface area (Å²) in [5.74, 6) is -1.04. The normalized spacial score (nSPS) is 26.3. The number of amides is 2. The van der Waals surface area contributed by atoms with Crippen LogP contribution in [0.2, 0.25) is 18.1 Å². The molecule has 2 amide bonds. The van der Waals surface area contributed by atoms with E-state index in [1.807, 2.05) is 6.07 Å². The number of rotatable bonds is 11. The largest absolute Gasteiger partial charge is 0.408 e. The Bertz CT molecular complexity index is 2640. The average Bonchev–Trinajstić information content (AvgIpc) is 4.07. The highest BCUT2D eigenvalue weighted by atomic mass is 31.2. The van der Waals surface area contributed by atoms with Crippen molar-refractivity contribution in [3.05, 3.63) is 65.2 Å². The summed E-state index contributed by atoms with van der Waals surface area (Å²) in [6.07, 6.45) is -1.89. The maximum atomic E-state index is 13.3. The minimum absolute atomic E-state index is 0.0103. The molecule has 0 saturated carbocycles. The van der Waals surface area contributed by atoms with Crippen LogP contribution in [-0.4, -0.2) is 114 Å². The molecule has 8 rings (SSSR count). The molecular formula is C40H51N11O12P2Si. The quantitative estimate of drug-likeness (QED) is 0.0714. The van der Waals surface area contributed by atoms with E-state index >= 15 is 0 Å². The summed E-state index contributed by atoms with van der Waals surface area (Å²) in [4.78, 5) is 75.2. The number of fused-ring (bicyclic) bond motifs is 5. The van der Waals surface area contributed by atoms with Gasteiger partial charge in [-0.3, -0.25) is 33.8 Å². The fraction of sp³-hybridized carbons (Fsp3) is 0.525. The zero-order valence-electron chi connectivity index (χ0n) is 37.2. The smallest absolute Gasteiger partial charge is 0.333 e. The summed E-state index contributed by atoms with van der Waals surface area (Å²) in [5, 5.41) is 14.5. The number of aromatic nitrogens is 8. The minimum Gasteiger partial charge on any atom is -0.408 e. The van der Waals surface area contributed by atoms with E-state index in [1.54, 1.807) is 42.7 Å². The summed E-state index contributed by atoms with van der Waals surface area (Å²) in [7, 11) is -7.53. The number of hydrogen-bond acceptors (Lipinski definition) is 18. The number of aromatic amines is 1. The Morgan fingerprint density at radius 1 is 0.985 bits per heavy atom. The van der Waals surface area contributed by atoms with E-state index in [2.05, 4.69) is 80.5 Å². The van der Waals surface area contributed by atoms with Crippen molar-refractivity contribution in [3.63, 3.8) is 0 Å². The van der Waals surface area contributed by atoms with E-state index in [-0.39, 0.29) is 72.4 Å². The van der Waals surface area contributed by atoms with E-state index in [1.165, 1.54) is 23.5 Å². The first-order chi connectivity index (χ1) is 31.5. The molecule has 4 N–H and O–H groups in total. The second kappa shape index (κ2) is 19.9. The summed E-state index contributed by atoms with van der Waals surface area (Å²) in [5.41, 5.74) is 0.554. The van der Waals surface area contributed by atoms with Crippen molar-refractivity contribution >= 4 is 71.4 Å². The summed E-state index contributed by atoms with van der Waals surface area (Å²) >= 11 is 0. The van der Waals surface area contributed by atoms with Gasteiger partial charge in [0.1, 0.15) is 37.0 Å².